The third-order valence-corrected chi connectivity index (χ3v) is 6.14. The van der Waals surface area contributed by atoms with Crippen LogP contribution in [-0.2, 0) is 0 Å². The van der Waals surface area contributed by atoms with Crippen molar-refractivity contribution in [3.05, 3.63) is 68.9 Å². The van der Waals surface area contributed by atoms with Crippen molar-refractivity contribution in [3.63, 3.8) is 0 Å². The molecule has 3 aromatic rings. The maximum Gasteiger partial charge on any atom is 0.286 e. The molecule has 1 N–H and O–H groups in total. The van der Waals surface area contributed by atoms with E-state index >= 15 is 0 Å². The summed E-state index contributed by atoms with van der Waals surface area (Å²) in [7, 11) is 2.07. The first kappa shape index (κ1) is 22.1. The number of halogens is 3. The van der Waals surface area contributed by atoms with Gasteiger partial charge in [-0.15, -0.1) is 0 Å². The molecular weight excluding hydrogens is 457 g/mol. The Bertz CT molecular complexity index is 1110. The summed E-state index contributed by atoms with van der Waals surface area (Å²) >= 11 is 18.7. The van der Waals surface area contributed by atoms with Crippen molar-refractivity contribution in [1.29, 1.82) is 0 Å². The lowest BCUT2D eigenvalue weighted by Crippen LogP contribution is -2.52. The normalized spacial score (nSPS) is 15.3. The van der Waals surface area contributed by atoms with Gasteiger partial charge in [-0.1, -0.05) is 34.8 Å². The van der Waals surface area contributed by atoms with Gasteiger partial charge in [0, 0.05) is 47.5 Å². The lowest BCUT2D eigenvalue weighted by Gasteiger charge is -2.32. The highest BCUT2D eigenvalue weighted by Gasteiger charge is 2.25. The van der Waals surface area contributed by atoms with Crippen LogP contribution >= 0.6 is 34.8 Å². The molecule has 0 bridgehead atoms. The predicted molar refractivity (Wildman–Crippen MR) is 125 cm³/mol. The molecule has 2 heterocycles. The molecule has 4 rings (SSSR count). The Kier molecular flexibility index (Phi) is 6.55. The molecule has 1 fully saturated rings. The Hall–Kier alpha value is -2.09. The van der Waals surface area contributed by atoms with E-state index in [9.17, 15) is 4.79 Å². The van der Waals surface area contributed by atoms with Crippen molar-refractivity contribution in [2.75, 3.05) is 33.2 Å². The molecule has 0 radical (unpaired) electrons. The van der Waals surface area contributed by atoms with E-state index in [-0.39, 0.29) is 5.91 Å². The topological polar surface area (TPSA) is 53.4 Å². The summed E-state index contributed by atoms with van der Waals surface area (Å²) in [6.45, 7) is 5.17. The number of rotatable bonds is 4. The third-order valence-electron chi connectivity index (χ3n) is 5.34. The maximum absolute atomic E-state index is 13.1. The molecule has 162 valence electrons. The van der Waals surface area contributed by atoms with Crippen LogP contribution in [0.2, 0.25) is 15.1 Å². The quantitative estimate of drug-likeness (QED) is 0.590. The van der Waals surface area contributed by atoms with Gasteiger partial charge in [-0.3, -0.25) is 14.8 Å². The van der Waals surface area contributed by atoms with Crippen molar-refractivity contribution in [1.82, 2.24) is 24.9 Å². The largest absolute Gasteiger partial charge is 0.304 e. The molecule has 31 heavy (non-hydrogen) atoms. The van der Waals surface area contributed by atoms with Crippen molar-refractivity contribution in [3.8, 4) is 17.1 Å². The fourth-order valence-corrected chi connectivity index (χ4v) is 4.21. The number of amides is 1. The number of carbonyl (C=O) groups is 1. The number of nitrogens with one attached hydrogen (secondary N) is 1. The van der Waals surface area contributed by atoms with Gasteiger partial charge in [0.2, 0.25) is 0 Å². The Balaban J connectivity index is 1.76. The molecule has 1 aliphatic rings. The van der Waals surface area contributed by atoms with E-state index in [1.165, 1.54) is 0 Å². The summed E-state index contributed by atoms with van der Waals surface area (Å²) in [6, 6.07) is 12.6. The van der Waals surface area contributed by atoms with E-state index in [0.29, 0.717) is 37.8 Å². The molecule has 0 spiro atoms. The smallest absolute Gasteiger partial charge is 0.286 e. The lowest BCUT2D eigenvalue weighted by molar-refractivity contribution is 0.0657. The summed E-state index contributed by atoms with van der Waals surface area (Å²) in [4.78, 5) is 20.0. The van der Waals surface area contributed by atoms with Crippen LogP contribution in [-0.4, -0.2) is 58.6 Å². The zero-order chi connectivity index (χ0) is 22.1. The molecule has 1 saturated heterocycles. The SMILES string of the molecule is Cc1c(C(=O)NN2CCN(C)CC2)nc(-c2ccc(Cl)cc2Cl)n1-c1ccc(Cl)cc1. The van der Waals surface area contributed by atoms with E-state index in [2.05, 4.69) is 17.4 Å². The standard InChI is InChI=1S/C22H22Cl3N5O/c1-14-20(22(31)27-29-11-9-28(2)10-12-29)26-21(18-8-5-16(24)13-19(18)25)30(14)17-6-3-15(23)4-7-17/h3-8,13H,9-12H2,1-2H3,(H,27,31). The van der Waals surface area contributed by atoms with Gasteiger partial charge in [0.25, 0.3) is 5.91 Å². The monoisotopic (exact) mass is 477 g/mol. The Morgan fingerprint density at radius 3 is 2.26 bits per heavy atom. The minimum absolute atomic E-state index is 0.249. The number of piperazine rings is 1. The number of benzene rings is 2. The molecule has 2 aromatic carbocycles. The van der Waals surface area contributed by atoms with E-state index in [1.54, 1.807) is 30.3 Å². The highest BCUT2D eigenvalue weighted by Crippen LogP contribution is 2.33. The van der Waals surface area contributed by atoms with Gasteiger partial charge in [-0.25, -0.2) is 9.99 Å². The van der Waals surface area contributed by atoms with Gasteiger partial charge in [0.1, 0.15) is 5.82 Å². The number of imidazole rings is 1. The summed E-state index contributed by atoms with van der Waals surface area (Å²) in [5.74, 6) is 0.311. The molecule has 0 aliphatic carbocycles. The van der Waals surface area contributed by atoms with Gasteiger partial charge in [0.15, 0.2) is 5.69 Å². The highest BCUT2D eigenvalue weighted by atomic mass is 35.5. The first-order chi connectivity index (χ1) is 14.8. The van der Waals surface area contributed by atoms with Gasteiger partial charge < -0.3 is 4.90 Å². The summed E-state index contributed by atoms with van der Waals surface area (Å²) in [5.41, 5.74) is 5.55. The molecule has 0 unspecified atom stereocenters. The van der Waals surface area contributed by atoms with Crippen LogP contribution < -0.4 is 5.43 Å². The van der Waals surface area contributed by atoms with E-state index in [4.69, 9.17) is 39.8 Å². The molecular formula is C22H22Cl3N5O. The molecule has 0 saturated carbocycles. The van der Waals surface area contributed by atoms with Crippen LogP contribution in [0.4, 0.5) is 0 Å². The second-order valence-corrected chi connectivity index (χ2v) is 8.82. The second kappa shape index (κ2) is 9.18. The fourth-order valence-electron chi connectivity index (χ4n) is 3.59. The highest BCUT2D eigenvalue weighted by molar-refractivity contribution is 6.36. The van der Waals surface area contributed by atoms with Gasteiger partial charge >= 0.3 is 0 Å². The van der Waals surface area contributed by atoms with Crippen LogP contribution in [0, 0.1) is 6.92 Å². The number of likely N-dealkylation sites (N-methyl/N-ethyl adjacent to an activating group) is 1. The molecule has 6 nitrogen and oxygen atoms in total. The molecule has 1 aliphatic heterocycles. The van der Waals surface area contributed by atoms with Crippen molar-refractivity contribution < 1.29 is 4.79 Å². The second-order valence-electron chi connectivity index (χ2n) is 7.54. The fraction of sp³-hybridized carbons (Fsp3) is 0.273. The van der Waals surface area contributed by atoms with Crippen LogP contribution in [0.25, 0.3) is 17.1 Å². The average Bonchev–Trinajstić information content (AvgIpc) is 3.07. The van der Waals surface area contributed by atoms with E-state index < -0.39 is 0 Å². The summed E-state index contributed by atoms with van der Waals surface area (Å²) < 4.78 is 1.91. The maximum atomic E-state index is 13.1. The Morgan fingerprint density at radius 2 is 1.61 bits per heavy atom. The number of carbonyl (C=O) groups excluding carboxylic acids is 1. The minimum Gasteiger partial charge on any atom is -0.304 e. The number of aromatic nitrogens is 2. The van der Waals surface area contributed by atoms with Gasteiger partial charge in [0.05, 0.1) is 10.7 Å². The zero-order valence-electron chi connectivity index (χ0n) is 17.2. The molecule has 0 atom stereocenters. The van der Waals surface area contributed by atoms with E-state index in [0.717, 1.165) is 31.9 Å². The first-order valence-corrected chi connectivity index (χ1v) is 11.0. The average molecular weight is 479 g/mol. The molecule has 9 heteroatoms. The van der Waals surface area contributed by atoms with Crippen LogP contribution in [0.1, 0.15) is 16.2 Å². The minimum atomic E-state index is -0.249. The lowest BCUT2D eigenvalue weighted by atomic mass is 10.2. The van der Waals surface area contributed by atoms with Crippen molar-refractivity contribution in [2.45, 2.75) is 6.92 Å². The van der Waals surface area contributed by atoms with Gasteiger partial charge in [-0.05, 0) is 56.4 Å². The number of hydrazine groups is 1. The zero-order valence-corrected chi connectivity index (χ0v) is 19.5. The molecule has 1 amide bonds. The molecule has 1 aromatic heterocycles. The Morgan fingerprint density at radius 1 is 0.968 bits per heavy atom. The number of nitrogens with zero attached hydrogens (tertiary/aromatic N) is 4. The van der Waals surface area contributed by atoms with E-state index in [1.807, 2.05) is 28.6 Å². The van der Waals surface area contributed by atoms with Crippen molar-refractivity contribution in [2.24, 2.45) is 0 Å². The van der Waals surface area contributed by atoms with Crippen LogP contribution in [0.3, 0.4) is 0 Å². The predicted octanol–water partition coefficient (Wildman–Crippen LogP) is 4.70. The summed E-state index contributed by atoms with van der Waals surface area (Å²) in [6.07, 6.45) is 0. The summed E-state index contributed by atoms with van der Waals surface area (Å²) in [5, 5.41) is 3.54. The number of hydrogen-bond acceptors (Lipinski definition) is 4. The van der Waals surface area contributed by atoms with Gasteiger partial charge in [-0.2, -0.15) is 0 Å². The number of hydrogen-bond donors (Lipinski definition) is 1. The van der Waals surface area contributed by atoms with Crippen molar-refractivity contribution >= 4 is 40.7 Å². The first-order valence-electron chi connectivity index (χ1n) is 9.88. The third kappa shape index (κ3) is 4.73. The van der Waals surface area contributed by atoms with Crippen LogP contribution in [0.5, 0.6) is 0 Å². The van der Waals surface area contributed by atoms with Crippen LogP contribution in [0.15, 0.2) is 42.5 Å². The Labute approximate surface area is 196 Å².